The van der Waals surface area contributed by atoms with Crippen LogP contribution in [-0.4, -0.2) is 70.2 Å². The number of nitrogens with zero attached hydrogens (tertiary/aromatic N) is 3. The lowest BCUT2D eigenvalue weighted by Crippen LogP contribution is -2.56. The molecule has 2 fully saturated rings. The van der Waals surface area contributed by atoms with E-state index in [4.69, 9.17) is 5.73 Å². The molecular weight excluding hydrogens is 410 g/mol. The Morgan fingerprint density at radius 1 is 1.12 bits per heavy atom. The average Bonchev–Trinajstić information content (AvgIpc) is 2.90. The van der Waals surface area contributed by atoms with Crippen molar-refractivity contribution in [3.8, 4) is 0 Å². The highest BCUT2D eigenvalue weighted by Gasteiger charge is 2.57. The number of nitrogens with one attached hydrogen (secondary N) is 1. The van der Waals surface area contributed by atoms with Gasteiger partial charge in [0.05, 0.1) is 0 Å². The van der Waals surface area contributed by atoms with Crippen LogP contribution < -0.4 is 11.1 Å². The van der Waals surface area contributed by atoms with Crippen LogP contribution in [0.25, 0.3) is 0 Å². The van der Waals surface area contributed by atoms with Crippen molar-refractivity contribution in [3.05, 3.63) is 29.8 Å². The first kappa shape index (κ1) is 23.7. The molecule has 9 nitrogen and oxygen atoms in total. The number of hydrogen-bond donors (Lipinski definition) is 2. The molecule has 0 aromatic heterocycles. The maximum Gasteiger partial charge on any atom is 0.328 e. The smallest absolute Gasteiger partial charge is 0.328 e. The molecule has 5 amide bonds. The molecule has 1 aromatic carbocycles. The van der Waals surface area contributed by atoms with Crippen LogP contribution in [0.4, 0.5) is 10.5 Å². The van der Waals surface area contributed by atoms with Crippen LogP contribution in [0.15, 0.2) is 24.3 Å². The van der Waals surface area contributed by atoms with Gasteiger partial charge in [0, 0.05) is 38.8 Å². The molecule has 2 heterocycles. The fraction of sp³-hybridized carbons (Fsp3) is 0.565. The van der Waals surface area contributed by atoms with Gasteiger partial charge in [0.15, 0.2) is 0 Å². The zero-order valence-electron chi connectivity index (χ0n) is 19.1. The molecule has 3 rings (SSSR count). The second-order valence-corrected chi connectivity index (χ2v) is 9.16. The van der Waals surface area contributed by atoms with Crippen LogP contribution in [0.2, 0.25) is 0 Å². The normalized spacial score (nSPS) is 18.6. The first-order valence-corrected chi connectivity index (χ1v) is 11.1. The highest BCUT2D eigenvalue weighted by Crippen LogP contribution is 2.38. The lowest BCUT2D eigenvalue weighted by Gasteiger charge is -2.42. The third-order valence-corrected chi connectivity index (χ3v) is 6.23. The number of piperidine rings is 1. The van der Waals surface area contributed by atoms with Crippen molar-refractivity contribution in [1.82, 2.24) is 14.7 Å². The molecule has 2 aliphatic rings. The minimum Gasteiger partial charge on any atom is -0.368 e. The molecule has 0 bridgehead atoms. The lowest BCUT2D eigenvalue weighted by molar-refractivity contribution is -0.137. The highest BCUT2D eigenvalue weighted by molar-refractivity contribution is 6.09. The van der Waals surface area contributed by atoms with E-state index in [1.54, 1.807) is 4.90 Å². The number of likely N-dealkylation sites (tertiary alicyclic amines) is 1. The average molecular weight is 444 g/mol. The Morgan fingerprint density at radius 2 is 1.75 bits per heavy atom. The van der Waals surface area contributed by atoms with E-state index in [0.717, 1.165) is 29.1 Å². The van der Waals surface area contributed by atoms with Gasteiger partial charge in [0.2, 0.25) is 11.8 Å². The standard InChI is InChI=1S/C23H33N5O4/c1-16(2)8-11-28-22(32)27(15-20(24)30)21(31)23(28)9-12-26(13-10-23)14-18-4-6-19(7-5-18)25-17(3)29/h4-7,16H,8-15H2,1-3H3,(H2,24,30)(H,25,29). The molecular formula is C23H33N5O4. The van der Waals surface area contributed by atoms with E-state index >= 15 is 0 Å². The molecule has 2 aliphatic heterocycles. The van der Waals surface area contributed by atoms with E-state index in [2.05, 4.69) is 24.1 Å². The molecule has 174 valence electrons. The summed E-state index contributed by atoms with van der Waals surface area (Å²) in [5, 5.41) is 2.75. The molecule has 0 radical (unpaired) electrons. The van der Waals surface area contributed by atoms with Crippen LogP contribution in [-0.2, 0) is 20.9 Å². The Labute approximate surface area is 188 Å². The van der Waals surface area contributed by atoms with Crippen molar-refractivity contribution in [1.29, 1.82) is 0 Å². The number of carbonyl (C=O) groups is 4. The quantitative estimate of drug-likeness (QED) is 0.594. The zero-order chi connectivity index (χ0) is 23.5. The number of nitrogens with two attached hydrogens (primary N) is 1. The Morgan fingerprint density at radius 3 is 2.28 bits per heavy atom. The maximum absolute atomic E-state index is 13.3. The largest absolute Gasteiger partial charge is 0.368 e. The molecule has 0 saturated carbocycles. The van der Waals surface area contributed by atoms with Gasteiger partial charge in [-0.2, -0.15) is 0 Å². The van der Waals surface area contributed by atoms with Gasteiger partial charge in [-0.1, -0.05) is 26.0 Å². The number of primary amides is 1. The number of anilines is 1. The Kier molecular flexibility index (Phi) is 7.18. The van der Waals surface area contributed by atoms with Crippen molar-refractivity contribution >= 4 is 29.4 Å². The van der Waals surface area contributed by atoms with Gasteiger partial charge < -0.3 is 16.0 Å². The van der Waals surface area contributed by atoms with Crippen molar-refractivity contribution in [2.75, 3.05) is 31.5 Å². The summed E-state index contributed by atoms with van der Waals surface area (Å²) in [5.74, 6) is -0.708. The summed E-state index contributed by atoms with van der Waals surface area (Å²) in [6.45, 7) is 7.79. The van der Waals surface area contributed by atoms with Gasteiger partial charge in [-0.05, 0) is 42.9 Å². The third kappa shape index (κ3) is 5.09. The molecule has 2 saturated heterocycles. The number of imide groups is 1. The van der Waals surface area contributed by atoms with Crippen LogP contribution in [0.1, 0.15) is 45.6 Å². The van der Waals surface area contributed by atoms with Gasteiger partial charge in [-0.15, -0.1) is 0 Å². The van der Waals surface area contributed by atoms with Crippen molar-refractivity contribution in [2.45, 2.75) is 52.1 Å². The molecule has 1 aromatic rings. The number of amides is 5. The minimum absolute atomic E-state index is 0.109. The summed E-state index contributed by atoms with van der Waals surface area (Å²) >= 11 is 0. The molecule has 1 spiro atoms. The van der Waals surface area contributed by atoms with Gasteiger partial charge in [0.25, 0.3) is 5.91 Å². The monoisotopic (exact) mass is 443 g/mol. The van der Waals surface area contributed by atoms with Crippen LogP contribution in [0.5, 0.6) is 0 Å². The summed E-state index contributed by atoms with van der Waals surface area (Å²) in [7, 11) is 0. The number of hydrogen-bond acceptors (Lipinski definition) is 5. The zero-order valence-corrected chi connectivity index (χ0v) is 19.1. The maximum atomic E-state index is 13.3. The number of carbonyl (C=O) groups excluding carboxylic acids is 4. The molecule has 3 N–H and O–H groups in total. The van der Waals surface area contributed by atoms with E-state index in [0.29, 0.717) is 38.4 Å². The van der Waals surface area contributed by atoms with Crippen LogP contribution >= 0.6 is 0 Å². The van der Waals surface area contributed by atoms with E-state index in [1.165, 1.54) is 6.92 Å². The third-order valence-electron chi connectivity index (χ3n) is 6.23. The summed E-state index contributed by atoms with van der Waals surface area (Å²) in [6, 6.07) is 7.29. The summed E-state index contributed by atoms with van der Waals surface area (Å²) in [6.07, 6.45) is 1.83. The van der Waals surface area contributed by atoms with E-state index < -0.39 is 17.5 Å². The summed E-state index contributed by atoms with van der Waals surface area (Å²) in [5.41, 5.74) is 6.26. The Balaban J connectivity index is 1.69. The number of benzene rings is 1. The first-order valence-electron chi connectivity index (χ1n) is 11.1. The Hall–Kier alpha value is -2.94. The lowest BCUT2D eigenvalue weighted by atomic mass is 9.85. The van der Waals surface area contributed by atoms with E-state index in [-0.39, 0.29) is 18.4 Å². The fourth-order valence-corrected chi connectivity index (χ4v) is 4.49. The molecule has 32 heavy (non-hydrogen) atoms. The summed E-state index contributed by atoms with van der Waals surface area (Å²) in [4.78, 5) is 53.9. The molecule has 0 atom stereocenters. The van der Waals surface area contributed by atoms with E-state index in [9.17, 15) is 19.2 Å². The SMILES string of the molecule is CC(=O)Nc1ccc(CN2CCC3(CC2)C(=O)N(CC(N)=O)C(=O)N3CCC(C)C)cc1. The fourth-order valence-electron chi connectivity index (χ4n) is 4.49. The predicted molar refractivity (Wildman–Crippen MR) is 120 cm³/mol. The van der Waals surface area contributed by atoms with Gasteiger partial charge >= 0.3 is 6.03 Å². The molecule has 0 unspecified atom stereocenters. The van der Waals surface area contributed by atoms with Crippen molar-refractivity contribution in [3.63, 3.8) is 0 Å². The topological polar surface area (TPSA) is 116 Å². The minimum atomic E-state index is -0.896. The van der Waals surface area contributed by atoms with Crippen molar-refractivity contribution < 1.29 is 19.2 Å². The Bertz CT molecular complexity index is 875. The summed E-state index contributed by atoms with van der Waals surface area (Å²) < 4.78 is 0. The second-order valence-electron chi connectivity index (χ2n) is 9.16. The first-order chi connectivity index (χ1) is 15.1. The van der Waals surface area contributed by atoms with Crippen LogP contribution in [0.3, 0.4) is 0 Å². The van der Waals surface area contributed by atoms with E-state index in [1.807, 2.05) is 24.3 Å². The second kappa shape index (κ2) is 9.68. The molecule has 0 aliphatic carbocycles. The van der Waals surface area contributed by atoms with Crippen molar-refractivity contribution in [2.24, 2.45) is 11.7 Å². The predicted octanol–water partition coefficient (Wildman–Crippen LogP) is 1.78. The van der Waals surface area contributed by atoms with Crippen LogP contribution in [0, 0.1) is 5.92 Å². The van der Waals surface area contributed by atoms with Gasteiger partial charge in [-0.3, -0.25) is 24.2 Å². The number of rotatable bonds is 8. The molecule has 9 heteroatoms. The number of urea groups is 1. The van der Waals surface area contributed by atoms with Gasteiger partial charge in [0.1, 0.15) is 12.1 Å². The van der Waals surface area contributed by atoms with Gasteiger partial charge in [-0.25, -0.2) is 4.79 Å². The highest BCUT2D eigenvalue weighted by atomic mass is 16.2.